The largest absolute Gasteiger partial charge is 0.354 e. The molecule has 1 saturated carbocycles. The van der Waals surface area contributed by atoms with Gasteiger partial charge in [0.1, 0.15) is 0 Å². The number of carbonyl (C=O) groups is 1. The average Bonchev–Trinajstić information content (AvgIpc) is 2.63. The molecule has 0 spiro atoms. The molecule has 98 valence electrons. The number of carbonyl (C=O) groups excluding carboxylic acids is 1. The van der Waals surface area contributed by atoms with Crippen molar-refractivity contribution >= 4 is 5.91 Å². The summed E-state index contributed by atoms with van der Waals surface area (Å²) in [4.78, 5) is 11.2. The summed E-state index contributed by atoms with van der Waals surface area (Å²) < 4.78 is 0. The summed E-state index contributed by atoms with van der Waals surface area (Å²) in [6, 6.07) is 1.02. The Hall–Kier alpha value is -0.570. The van der Waals surface area contributed by atoms with Gasteiger partial charge in [0, 0.05) is 25.0 Å². The van der Waals surface area contributed by atoms with Gasteiger partial charge in [-0.2, -0.15) is 0 Å². The summed E-state index contributed by atoms with van der Waals surface area (Å²) in [6.07, 6.45) is 7.38. The van der Waals surface area contributed by atoms with Gasteiger partial charge in [-0.3, -0.25) is 4.79 Å². The summed E-state index contributed by atoms with van der Waals surface area (Å²) in [5, 5.41) is 6.57. The van der Waals surface area contributed by atoms with Crippen molar-refractivity contribution in [2.24, 2.45) is 11.8 Å². The monoisotopic (exact) mass is 238 g/mol. The first-order valence-electron chi connectivity index (χ1n) is 7.16. The second kappa shape index (κ2) is 5.85. The van der Waals surface area contributed by atoms with E-state index in [-0.39, 0.29) is 5.91 Å². The Labute approximate surface area is 105 Å². The highest BCUT2D eigenvalue weighted by Crippen LogP contribution is 2.29. The fourth-order valence-corrected chi connectivity index (χ4v) is 3.38. The fraction of sp³-hybridized carbons (Fsp3) is 0.929. The van der Waals surface area contributed by atoms with Crippen LogP contribution in [0.1, 0.15) is 52.4 Å². The van der Waals surface area contributed by atoms with Crippen molar-refractivity contribution in [3.63, 3.8) is 0 Å². The SMILES string of the molecule is CC(C)CC1CCCC(NC2CNC(=O)C2)C1. The van der Waals surface area contributed by atoms with Gasteiger partial charge in [0.25, 0.3) is 0 Å². The molecule has 0 aromatic heterocycles. The highest BCUT2D eigenvalue weighted by Gasteiger charge is 2.27. The van der Waals surface area contributed by atoms with E-state index in [0.717, 1.165) is 18.4 Å². The standard InChI is InChI=1S/C14H26N2O/c1-10(2)6-11-4-3-5-12(7-11)16-13-8-14(17)15-9-13/h10-13,16H,3-9H2,1-2H3,(H,15,17). The molecule has 2 aliphatic rings. The molecule has 0 aromatic carbocycles. The first-order chi connectivity index (χ1) is 8.13. The van der Waals surface area contributed by atoms with Crippen LogP contribution in [-0.4, -0.2) is 24.5 Å². The third kappa shape index (κ3) is 3.98. The molecular weight excluding hydrogens is 212 g/mol. The van der Waals surface area contributed by atoms with Gasteiger partial charge in [0.2, 0.25) is 5.91 Å². The van der Waals surface area contributed by atoms with E-state index in [0.29, 0.717) is 18.5 Å². The molecular formula is C14H26N2O. The molecule has 0 radical (unpaired) electrons. The van der Waals surface area contributed by atoms with Crippen LogP contribution in [0.3, 0.4) is 0 Å². The molecule has 3 heteroatoms. The Morgan fingerprint density at radius 2 is 2.18 bits per heavy atom. The lowest BCUT2D eigenvalue weighted by Gasteiger charge is -2.32. The van der Waals surface area contributed by atoms with Gasteiger partial charge in [-0.05, 0) is 31.1 Å². The minimum Gasteiger partial charge on any atom is -0.354 e. The van der Waals surface area contributed by atoms with Crippen LogP contribution >= 0.6 is 0 Å². The Bertz CT molecular complexity index is 265. The van der Waals surface area contributed by atoms with Crippen molar-refractivity contribution in [3.05, 3.63) is 0 Å². The lowest BCUT2D eigenvalue weighted by Crippen LogP contribution is -2.42. The first kappa shape index (κ1) is 12.9. The van der Waals surface area contributed by atoms with E-state index in [1.807, 2.05) is 0 Å². The molecule has 1 heterocycles. The predicted octanol–water partition coefficient (Wildman–Crippen LogP) is 2.07. The topological polar surface area (TPSA) is 41.1 Å². The Morgan fingerprint density at radius 1 is 1.35 bits per heavy atom. The van der Waals surface area contributed by atoms with Crippen LogP contribution < -0.4 is 10.6 Å². The third-order valence-electron chi connectivity index (χ3n) is 4.04. The lowest BCUT2D eigenvalue weighted by molar-refractivity contribution is -0.119. The van der Waals surface area contributed by atoms with Crippen molar-refractivity contribution in [1.29, 1.82) is 0 Å². The van der Waals surface area contributed by atoms with Gasteiger partial charge in [0.15, 0.2) is 0 Å². The average molecular weight is 238 g/mol. The van der Waals surface area contributed by atoms with E-state index < -0.39 is 0 Å². The minimum atomic E-state index is 0.206. The summed E-state index contributed by atoms with van der Waals surface area (Å²) in [5.74, 6) is 1.91. The van der Waals surface area contributed by atoms with Gasteiger partial charge in [-0.25, -0.2) is 0 Å². The molecule has 2 fully saturated rings. The van der Waals surface area contributed by atoms with Gasteiger partial charge in [0.05, 0.1) is 0 Å². The van der Waals surface area contributed by atoms with Crippen LogP contribution in [0.15, 0.2) is 0 Å². The highest BCUT2D eigenvalue weighted by molar-refractivity contribution is 5.78. The Kier molecular flexibility index (Phi) is 4.43. The van der Waals surface area contributed by atoms with E-state index in [9.17, 15) is 4.79 Å². The zero-order valence-corrected chi connectivity index (χ0v) is 11.2. The molecule has 1 aliphatic heterocycles. The minimum absolute atomic E-state index is 0.206. The van der Waals surface area contributed by atoms with Crippen molar-refractivity contribution in [2.75, 3.05) is 6.54 Å². The highest BCUT2D eigenvalue weighted by atomic mass is 16.1. The quantitative estimate of drug-likeness (QED) is 0.787. The maximum atomic E-state index is 11.2. The van der Waals surface area contributed by atoms with E-state index in [1.54, 1.807) is 0 Å². The zero-order valence-electron chi connectivity index (χ0n) is 11.2. The molecule has 1 aliphatic carbocycles. The zero-order chi connectivity index (χ0) is 12.3. The van der Waals surface area contributed by atoms with E-state index >= 15 is 0 Å². The van der Waals surface area contributed by atoms with Crippen LogP contribution in [0.4, 0.5) is 0 Å². The molecule has 2 N–H and O–H groups in total. The van der Waals surface area contributed by atoms with Crippen LogP contribution in [-0.2, 0) is 4.79 Å². The molecule has 1 saturated heterocycles. The molecule has 3 atom stereocenters. The number of amides is 1. The third-order valence-corrected chi connectivity index (χ3v) is 4.04. The Morgan fingerprint density at radius 3 is 2.82 bits per heavy atom. The molecule has 2 rings (SSSR count). The maximum Gasteiger partial charge on any atom is 0.221 e. The fourth-order valence-electron chi connectivity index (χ4n) is 3.38. The lowest BCUT2D eigenvalue weighted by atomic mass is 9.81. The van der Waals surface area contributed by atoms with E-state index in [1.165, 1.54) is 32.1 Å². The number of hydrogen-bond acceptors (Lipinski definition) is 2. The molecule has 1 amide bonds. The van der Waals surface area contributed by atoms with Crippen molar-refractivity contribution in [1.82, 2.24) is 10.6 Å². The summed E-state index contributed by atoms with van der Waals surface area (Å²) in [5.41, 5.74) is 0. The predicted molar refractivity (Wildman–Crippen MR) is 69.8 cm³/mol. The smallest absolute Gasteiger partial charge is 0.221 e. The van der Waals surface area contributed by atoms with Crippen LogP contribution in [0, 0.1) is 11.8 Å². The molecule has 17 heavy (non-hydrogen) atoms. The summed E-state index contributed by atoms with van der Waals surface area (Å²) in [6.45, 7) is 5.46. The number of nitrogens with one attached hydrogen (secondary N) is 2. The normalized spacial score (nSPS) is 34.1. The van der Waals surface area contributed by atoms with Crippen LogP contribution in [0.25, 0.3) is 0 Å². The van der Waals surface area contributed by atoms with Gasteiger partial charge in [-0.1, -0.05) is 26.7 Å². The summed E-state index contributed by atoms with van der Waals surface area (Å²) in [7, 11) is 0. The van der Waals surface area contributed by atoms with Gasteiger partial charge >= 0.3 is 0 Å². The molecule has 3 nitrogen and oxygen atoms in total. The molecule has 0 bridgehead atoms. The molecule has 3 unspecified atom stereocenters. The first-order valence-corrected chi connectivity index (χ1v) is 7.16. The van der Waals surface area contributed by atoms with Crippen LogP contribution in [0.2, 0.25) is 0 Å². The number of rotatable bonds is 4. The van der Waals surface area contributed by atoms with Crippen molar-refractivity contribution in [2.45, 2.75) is 64.5 Å². The van der Waals surface area contributed by atoms with Crippen LogP contribution in [0.5, 0.6) is 0 Å². The van der Waals surface area contributed by atoms with Crippen molar-refractivity contribution < 1.29 is 4.79 Å². The van der Waals surface area contributed by atoms with Gasteiger partial charge < -0.3 is 10.6 Å². The van der Waals surface area contributed by atoms with Crippen molar-refractivity contribution in [3.8, 4) is 0 Å². The Balaban J connectivity index is 1.75. The van der Waals surface area contributed by atoms with E-state index in [4.69, 9.17) is 0 Å². The second-order valence-corrected chi connectivity index (χ2v) is 6.23. The second-order valence-electron chi connectivity index (χ2n) is 6.23. The van der Waals surface area contributed by atoms with Gasteiger partial charge in [-0.15, -0.1) is 0 Å². The summed E-state index contributed by atoms with van der Waals surface area (Å²) >= 11 is 0. The molecule has 0 aromatic rings. The van der Waals surface area contributed by atoms with E-state index in [2.05, 4.69) is 24.5 Å². The number of hydrogen-bond donors (Lipinski definition) is 2. The maximum absolute atomic E-state index is 11.2.